The quantitative estimate of drug-likeness (QED) is 0.641. The van der Waals surface area contributed by atoms with Gasteiger partial charge < -0.3 is 19.9 Å². The number of para-hydroxylation sites is 1. The maximum Gasteiger partial charge on any atom is 0.265 e. The second kappa shape index (κ2) is 8.16. The smallest absolute Gasteiger partial charge is 0.265 e. The number of quaternary nitrogens is 1. The van der Waals surface area contributed by atoms with E-state index in [1.807, 2.05) is 0 Å². The number of hydrogen-bond acceptors (Lipinski definition) is 3. The molecule has 0 saturated heterocycles. The molecule has 0 radical (unpaired) electrons. The number of likely N-dealkylation sites (N-methyl/N-ethyl adjacent to an activating group) is 1. The zero-order chi connectivity index (χ0) is 18.4. The second-order valence-corrected chi connectivity index (χ2v) is 6.40. The van der Waals surface area contributed by atoms with E-state index >= 15 is 0 Å². The van der Waals surface area contributed by atoms with E-state index in [1.54, 1.807) is 24.3 Å². The molecular weight excluding hydrogens is 318 g/mol. The van der Waals surface area contributed by atoms with Crippen LogP contribution in [0.5, 0.6) is 5.75 Å². The number of benzene rings is 1. The zero-order valence-electron chi connectivity index (χ0n) is 15.3. The van der Waals surface area contributed by atoms with Crippen molar-refractivity contribution >= 4 is 16.8 Å². The Bertz CT molecular complexity index is 794. The number of H-pyrrole nitrogens is 1. The molecule has 1 amide bonds. The number of fused-ring (bicyclic) bond motifs is 1. The van der Waals surface area contributed by atoms with Crippen LogP contribution in [0.15, 0.2) is 29.1 Å². The van der Waals surface area contributed by atoms with Crippen molar-refractivity contribution in [3.8, 4) is 5.75 Å². The van der Waals surface area contributed by atoms with Crippen molar-refractivity contribution in [1.29, 1.82) is 0 Å². The molecule has 6 nitrogen and oxygen atoms in total. The van der Waals surface area contributed by atoms with Crippen molar-refractivity contribution < 1.29 is 14.4 Å². The van der Waals surface area contributed by atoms with Crippen LogP contribution in [0, 0.1) is 0 Å². The summed E-state index contributed by atoms with van der Waals surface area (Å²) in [5.41, 5.74) is -0.286. The highest BCUT2D eigenvalue weighted by Crippen LogP contribution is 2.24. The van der Waals surface area contributed by atoms with Crippen molar-refractivity contribution in [1.82, 2.24) is 10.3 Å². The minimum atomic E-state index is -0.575. The van der Waals surface area contributed by atoms with Crippen molar-refractivity contribution in [3.63, 3.8) is 0 Å². The van der Waals surface area contributed by atoms with Gasteiger partial charge in [0.25, 0.3) is 11.5 Å². The minimum Gasteiger partial charge on any atom is -0.506 e. The third kappa shape index (κ3) is 4.02. The summed E-state index contributed by atoms with van der Waals surface area (Å²) in [6.07, 6.45) is 1.08. The van der Waals surface area contributed by atoms with E-state index in [0.29, 0.717) is 17.4 Å². The van der Waals surface area contributed by atoms with Crippen molar-refractivity contribution in [3.05, 3.63) is 40.2 Å². The van der Waals surface area contributed by atoms with Gasteiger partial charge in [-0.2, -0.15) is 0 Å². The maximum absolute atomic E-state index is 12.5. The lowest BCUT2D eigenvalue weighted by molar-refractivity contribution is -0.923. The van der Waals surface area contributed by atoms with E-state index in [9.17, 15) is 14.7 Å². The Morgan fingerprint density at radius 3 is 2.48 bits per heavy atom. The zero-order valence-corrected chi connectivity index (χ0v) is 15.3. The molecule has 1 aromatic carbocycles. The van der Waals surface area contributed by atoms with Gasteiger partial charge in [-0.25, -0.2) is 0 Å². The summed E-state index contributed by atoms with van der Waals surface area (Å²) in [6.45, 7) is 10.8. The molecule has 1 heterocycles. The van der Waals surface area contributed by atoms with E-state index in [4.69, 9.17) is 0 Å². The Balaban J connectivity index is 2.16. The summed E-state index contributed by atoms with van der Waals surface area (Å²) in [6, 6.07) is 6.88. The molecule has 2 rings (SSSR count). The Labute approximate surface area is 148 Å². The van der Waals surface area contributed by atoms with E-state index in [2.05, 4.69) is 31.1 Å². The predicted octanol–water partition coefficient (Wildman–Crippen LogP) is 2.23. The van der Waals surface area contributed by atoms with Crippen LogP contribution in [0.1, 0.15) is 37.6 Å². The highest BCUT2D eigenvalue weighted by Gasteiger charge is 2.23. The minimum absolute atomic E-state index is 0.222. The summed E-state index contributed by atoms with van der Waals surface area (Å²) in [5.74, 6) is -0.802. The van der Waals surface area contributed by atoms with Gasteiger partial charge in [0.15, 0.2) is 0 Å². The Morgan fingerprint density at radius 1 is 1.16 bits per heavy atom. The topological polar surface area (TPSA) is 82.2 Å². The van der Waals surface area contributed by atoms with Gasteiger partial charge in [0.2, 0.25) is 0 Å². The number of amides is 1. The van der Waals surface area contributed by atoms with Crippen LogP contribution in [-0.4, -0.2) is 53.2 Å². The molecule has 0 fully saturated rings. The van der Waals surface area contributed by atoms with Crippen LogP contribution >= 0.6 is 0 Å². The van der Waals surface area contributed by atoms with Gasteiger partial charge in [0.1, 0.15) is 11.3 Å². The number of nitrogens with zero attached hydrogens (tertiary/aromatic N) is 1. The highest BCUT2D eigenvalue weighted by atomic mass is 16.3. The number of hydrogen-bond donors (Lipinski definition) is 3. The summed E-state index contributed by atoms with van der Waals surface area (Å²) in [7, 11) is 0. The number of pyridine rings is 1. The molecule has 0 aliphatic carbocycles. The van der Waals surface area contributed by atoms with Crippen molar-refractivity contribution in [2.75, 3.05) is 32.7 Å². The number of carbonyl (C=O) groups is 1. The normalized spacial score (nSPS) is 11.6. The molecule has 3 N–H and O–H groups in total. The first-order valence-corrected chi connectivity index (χ1v) is 8.95. The van der Waals surface area contributed by atoms with Crippen LogP contribution in [0.4, 0.5) is 0 Å². The largest absolute Gasteiger partial charge is 0.506 e. The molecule has 1 aromatic heterocycles. The number of aromatic hydroxyl groups is 1. The summed E-state index contributed by atoms with van der Waals surface area (Å²) in [4.78, 5) is 27.3. The summed E-state index contributed by atoms with van der Waals surface area (Å²) < 4.78 is 0.927. The summed E-state index contributed by atoms with van der Waals surface area (Å²) in [5, 5.41) is 13.6. The van der Waals surface area contributed by atoms with Crippen LogP contribution in [0.3, 0.4) is 0 Å². The van der Waals surface area contributed by atoms with E-state index in [0.717, 1.165) is 37.1 Å². The van der Waals surface area contributed by atoms with E-state index in [1.165, 1.54) is 0 Å². The molecule has 0 unspecified atom stereocenters. The molecule has 0 bridgehead atoms. The molecule has 6 heteroatoms. The van der Waals surface area contributed by atoms with Gasteiger partial charge in [-0.05, 0) is 32.4 Å². The third-order valence-electron chi connectivity index (χ3n) is 5.03. The number of carbonyl (C=O) groups excluding carboxylic acids is 1. The second-order valence-electron chi connectivity index (χ2n) is 6.40. The predicted molar refractivity (Wildman–Crippen MR) is 99.9 cm³/mol. The van der Waals surface area contributed by atoms with E-state index in [-0.39, 0.29) is 11.3 Å². The van der Waals surface area contributed by atoms with Gasteiger partial charge in [-0.1, -0.05) is 19.1 Å². The summed E-state index contributed by atoms with van der Waals surface area (Å²) >= 11 is 0. The van der Waals surface area contributed by atoms with Gasteiger partial charge in [0, 0.05) is 5.39 Å². The van der Waals surface area contributed by atoms with Crippen LogP contribution < -0.4 is 10.9 Å². The molecule has 25 heavy (non-hydrogen) atoms. The number of aromatic amines is 1. The van der Waals surface area contributed by atoms with Gasteiger partial charge in [-0.3, -0.25) is 9.59 Å². The molecule has 0 atom stereocenters. The standard InChI is InChI=1S/C19H27N3O3/c1-4-12-22(5-2,6-3)13-11-20-18(24)16-17(23)14-9-7-8-10-15(14)21-19(16)25/h7-10H,4-6,11-13H2,1-3H3,(H2-,20,21,23,24,25)/p+1. The SMILES string of the molecule is CCC[N+](CC)(CC)CCNC(=O)c1c(O)c2ccccc2[nH]c1=O. The number of rotatable bonds is 8. The molecular formula is C19H28N3O3+. The first-order chi connectivity index (χ1) is 12.0. The van der Waals surface area contributed by atoms with Gasteiger partial charge >= 0.3 is 0 Å². The lowest BCUT2D eigenvalue weighted by atomic mass is 10.1. The van der Waals surface area contributed by atoms with Crippen molar-refractivity contribution in [2.45, 2.75) is 27.2 Å². The maximum atomic E-state index is 12.5. The average molecular weight is 346 g/mol. The van der Waals surface area contributed by atoms with Crippen LogP contribution in [0.25, 0.3) is 10.9 Å². The monoisotopic (exact) mass is 346 g/mol. The fourth-order valence-corrected chi connectivity index (χ4v) is 3.37. The van der Waals surface area contributed by atoms with Crippen molar-refractivity contribution in [2.24, 2.45) is 0 Å². The molecule has 136 valence electrons. The van der Waals surface area contributed by atoms with E-state index < -0.39 is 11.5 Å². The molecule has 0 saturated carbocycles. The van der Waals surface area contributed by atoms with Crippen LogP contribution in [-0.2, 0) is 0 Å². The van der Waals surface area contributed by atoms with Gasteiger partial charge in [-0.15, -0.1) is 0 Å². The fourth-order valence-electron chi connectivity index (χ4n) is 3.37. The lowest BCUT2D eigenvalue weighted by Crippen LogP contribution is -2.52. The Morgan fingerprint density at radius 2 is 1.84 bits per heavy atom. The first kappa shape index (κ1) is 19.0. The lowest BCUT2D eigenvalue weighted by Gasteiger charge is -2.36. The molecule has 0 aliphatic rings. The Hall–Kier alpha value is -2.34. The molecule has 0 aliphatic heterocycles. The fraction of sp³-hybridized carbons (Fsp3) is 0.474. The first-order valence-electron chi connectivity index (χ1n) is 8.95. The molecule has 2 aromatic rings. The Kier molecular flexibility index (Phi) is 6.20. The van der Waals surface area contributed by atoms with Gasteiger partial charge in [0.05, 0.1) is 38.2 Å². The number of nitrogens with one attached hydrogen (secondary N) is 2. The molecule has 0 spiro atoms. The van der Waals surface area contributed by atoms with Crippen LogP contribution in [0.2, 0.25) is 0 Å². The number of aromatic nitrogens is 1. The average Bonchev–Trinajstić information content (AvgIpc) is 2.61. The highest BCUT2D eigenvalue weighted by molar-refractivity contribution is 6.01. The third-order valence-corrected chi connectivity index (χ3v) is 5.03.